The van der Waals surface area contributed by atoms with Crippen molar-refractivity contribution in [2.75, 3.05) is 16.3 Å². The lowest BCUT2D eigenvalue weighted by Gasteiger charge is -2.03. The Morgan fingerprint density at radius 3 is 2.53 bits per heavy atom. The molecule has 0 saturated heterocycles. The van der Waals surface area contributed by atoms with Gasteiger partial charge in [-0.15, -0.1) is 22.6 Å². The van der Waals surface area contributed by atoms with Crippen molar-refractivity contribution in [3.63, 3.8) is 0 Å². The first-order valence-electron chi connectivity index (χ1n) is 5.13. The van der Waals surface area contributed by atoms with Gasteiger partial charge in [0.05, 0.1) is 6.26 Å². The van der Waals surface area contributed by atoms with Crippen LogP contribution in [0.15, 0.2) is 0 Å². The summed E-state index contributed by atoms with van der Waals surface area (Å²) < 4.78 is 24.0. The first kappa shape index (κ1) is 18.0. The minimum Gasteiger partial charge on any atom is -0.328 e. The second-order valence-corrected chi connectivity index (χ2v) is 6.58. The Morgan fingerprint density at radius 1 is 1.42 bits per heavy atom. The second kappa shape index (κ2) is 7.58. The molecular weight excluding hydrogens is 314 g/mol. The first-order chi connectivity index (χ1) is 8.26. The predicted octanol–water partition coefficient (Wildman–Crippen LogP) is 0.397. The number of aromatic nitrogens is 2. The van der Waals surface area contributed by atoms with Gasteiger partial charge in [-0.1, -0.05) is 11.3 Å². The van der Waals surface area contributed by atoms with Crippen LogP contribution in [0, 0.1) is 0 Å². The van der Waals surface area contributed by atoms with E-state index in [-0.39, 0.29) is 41.0 Å². The largest absolute Gasteiger partial charge is 0.328 e. The molecule has 1 heterocycles. The van der Waals surface area contributed by atoms with Crippen LogP contribution < -0.4 is 15.8 Å². The molecule has 11 heteroatoms. The maximum absolute atomic E-state index is 11.4. The second-order valence-electron chi connectivity index (χ2n) is 3.85. The number of hydrogen-bond acceptors (Lipinski definition) is 7. The summed E-state index contributed by atoms with van der Waals surface area (Å²) >= 11 is 0.947. The molecule has 0 spiro atoms. The van der Waals surface area contributed by atoms with E-state index in [0.29, 0.717) is 6.42 Å². The highest BCUT2D eigenvalue weighted by molar-refractivity contribution is 7.92. The van der Waals surface area contributed by atoms with Gasteiger partial charge in [0.1, 0.15) is 0 Å². The molecule has 0 radical (unpaired) electrons. The average Bonchev–Trinajstić information content (AvgIpc) is 2.59. The normalized spacial score (nSPS) is 12.4. The Morgan fingerprint density at radius 2 is 2.00 bits per heavy atom. The van der Waals surface area contributed by atoms with Crippen LogP contribution in [0.1, 0.15) is 19.8 Å². The number of sulfonamides is 1. The zero-order chi connectivity index (χ0) is 13.8. The fourth-order valence-electron chi connectivity index (χ4n) is 1.01. The maximum atomic E-state index is 11.4. The summed E-state index contributed by atoms with van der Waals surface area (Å²) in [5.41, 5.74) is 5.53. The van der Waals surface area contributed by atoms with Crippen LogP contribution in [-0.4, -0.2) is 36.8 Å². The summed E-state index contributed by atoms with van der Waals surface area (Å²) in [6, 6.07) is -0.0485. The van der Waals surface area contributed by atoms with Gasteiger partial charge in [0.2, 0.25) is 26.2 Å². The number of hydrogen-bond donors (Lipinski definition) is 3. The zero-order valence-electron chi connectivity index (χ0n) is 10.4. The number of nitrogens with one attached hydrogen (secondary N) is 2. The minimum absolute atomic E-state index is 0. The van der Waals surface area contributed by atoms with Crippen LogP contribution >= 0.6 is 23.7 Å². The molecule has 0 fully saturated rings. The topological polar surface area (TPSA) is 127 Å². The fourth-order valence-corrected chi connectivity index (χ4v) is 2.50. The predicted molar refractivity (Wildman–Crippen MR) is 77.1 cm³/mol. The number of amides is 1. The van der Waals surface area contributed by atoms with Crippen molar-refractivity contribution in [3.8, 4) is 0 Å². The van der Waals surface area contributed by atoms with E-state index in [0.717, 1.165) is 17.6 Å². The number of anilines is 2. The van der Waals surface area contributed by atoms with E-state index in [1.54, 1.807) is 0 Å². The van der Waals surface area contributed by atoms with Crippen molar-refractivity contribution in [1.82, 2.24) is 10.2 Å². The lowest BCUT2D eigenvalue weighted by atomic mass is 10.2. The smallest absolute Gasteiger partial charge is 0.231 e. The molecule has 110 valence electrons. The van der Waals surface area contributed by atoms with Crippen LogP contribution in [0.25, 0.3) is 0 Å². The maximum Gasteiger partial charge on any atom is 0.231 e. The molecule has 0 aromatic carbocycles. The molecule has 0 aliphatic carbocycles. The van der Waals surface area contributed by atoms with Gasteiger partial charge in [-0.2, -0.15) is 0 Å². The van der Waals surface area contributed by atoms with E-state index in [9.17, 15) is 13.2 Å². The Bertz CT molecular complexity index is 516. The van der Waals surface area contributed by atoms with E-state index in [2.05, 4.69) is 20.2 Å². The molecule has 1 unspecified atom stereocenters. The number of rotatable bonds is 6. The van der Waals surface area contributed by atoms with E-state index < -0.39 is 10.0 Å². The minimum atomic E-state index is -3.39. The van der Waals surface area contributed by atoms with Gasteiger partial charge in [0.25, 0.3) is 0 Å². The van der Waals surface area contributed by atoms with Crippen molar-refractivity contribution in [3.05, 3.63) is 0 Å². The summed E-state index contributed by atoms with van der Waals surface area (Å²) in [5, 5.41) is 10.1. The Labute approximate surface area is 121 Å². The van der Waals surface area contributed by atoms with Crippen LogP contribution in [0.5, 0.6) is 0 Å². The summed E-state index contributed by atoms with van der Waals surface area (Å²) in [6.07, 6.45) is 1.86. The van der Waals surface area contributed by atoms with Gasteiger partial charge in [-0.3, -0.25) is 9.52 Å². The molecule has 0 aliphatic heterocycles. The van der Waals surface area contributed by atoms with E-state index in [1.807, 2.05) is 6.92 Å². The molecule has 1 rings (SSSR count). The summed E-state index contributed by atoms with van der Waals surface area (Å²) in [6.45, 7) is 1.81. The summed E-state index contributed by atoms with van der Waals surface area (Å²) in [4.78, 5) is 11.4. The average molecular weight is 330 g/mol. The van der Waals surface area contributed by atoms with Crippen LogP contribution in [-0.2, 0) is 14.8 Å². The molecule has 8 nitrogen and oxygen atoms in total. The first-order valence-corrected chi connectivity index (χ1v) is 7.84. The molecule has 4 N–H and O–H groups in total. The molecule has 1 aromatic rings. The zero-order valence-corrected chi connectivity index (χ0v) is 12.9. The fraction of sp³-hybridized carbons (Fsp3) is 0.625. The molecule has 0 saturated carbocycles. The van der Waals surface area contributed by atoms with Gasteiger partial charge < -0.3 is 11.1 Å². The van der Waals surface area contributed by atoms with Crippen molar-refractivity contribution in [2.24, 2.45) is 5.73 Å². The standard InChI is InChI=1S/C8H15N5O3S2.ClH/c1-5(9)3-4-6(14)10-7-11-12-8(17-7)13-18(2,15)16;/h5H,3-4,9H2,1-2H3,(H,12,13)(H,10,11,14);1H. The summed E-state index contributed by atoms with van der Waals surface area (Å²) in [7, 11) is -3.39. The molecule has 19 heavy (non-hydrogen) atoms. The Hall–Kier alpha value is -0.970. The molecule has 1 aromatic heterocycles. The molecule has 0 bridgehead atoms. The third kappa shape index (κ3) is 7.93. The Balaban J connectivity index is 0.00000324. The van der Waals surface area contributed by atoms with E-state index >= 15 is 0 Å². The van der Waals surface area contributed by atoms with E-state index in [1.165, 1.54) is 0 Å². The Kier molecular flexibility index (Phi) is 7.19. The quantitative estimate of drug-likeness (QED) is 0.693. The number of carbonyl (C=O) groups is 1. The summed E-state index contributed by atoms with van der Waals surface area (Å²) in [5.74, 6) is -0.227. The third-order valence-corrected chi connectivity index (χ3v) is 3.22. The van der Waals surface area contributed by atoms with Crippen LogP contribution in [0.2, 0.25) is 0 Å². The lowest BCUT2D eigenvalue weighted by Crippen LogP contribution is -2.19. The van der Waals surface area contributed by atoms with Crippen LogP contribution in [0.4, 0.5) is 10.3 Å². The molecule has 1 atom stereocenters. The number of nitrogens with two attached hydrogens (primary N) is 1. The van der Waals surface area contributed by atoms with Gasteiger partial charge in [0.15, 0.2) is 0 Å². The molecular formula is C8H16ClN5O3S2. The SMILES string of the molecule is CC(N)CCC(=O)Nc1nnc(NS(C)(=O)=O)s1.Cl. The van der Waals surface area contributed by atoms with Gasteiger partial charge in [0, 0.05) is 12.5 Å². The van der Waals surface area contributed by atoms with Crippen molar-refractivity contribution < 1.29 is 13.2 Å². The highest BCUT2D eigenvalue weighted by atomic mass is 35.5. The lowest BCUT2D eigenvalue weighted by molar-refractivity contribution is -0.116. The number of halogens is 1. The third-order valence-electron chi connectivity index (χ3n) is 1.77. The van der Waals surface area contributed by atoms with Gasteiger partial charge in [-0.25, -0.2) is 8.42 Å². The number of nitrogens with zero attached hydrogens (tertiary/aromatic N) is 2. The van der Waals surface area contributed by atoms with E-state index in [4.69, 9.17) is 5.73 Å². The van der Waals surface area contributed by atoms with Gasteiger partial charge >= 0.3 is 0 Å². The van der Waals surface area contributed by atoms with Crippen molar-refractivity contribution >= 4 is 49.9 Å². The van der Waals surface area contributed by atoms with Crippen molar-refractivity contribution in [1.29, 1.82) is 0 Å². The molecule has 1 amide bonds. The number of carbonyl (C=O) groups excluding carboxylic acids is 1. The highest BCUT2D eigenvalue weighted by Gasteiger charge is 2.11. The highest BCUT2D eigenvalue weighted by Crippen LogP contribution is 2.20. The monoisotopic (exact) mass is 329 g/mol. The van der Waals surface area contributed by atoms with Crippen LogP contribution in [0.3, 0.4) is 0 Å². The molecule has 0 aliphatic rings. The van der Waals surface area contributed by atoms with Crippen molar-refractivity contribution in [2.45, 2.75) is 25.8 Å². The van der Waals surface area contributed by atoms with Gasteiger partial charge in [-0.05, 0) is 13.3 Å².